The van der Waals surface area contributed by atoms with E-state index in [1.54, 1.807) is 11.8 Å². The molecule has 0 fully saturated rings. The molecule has 0 atom stereocenters. The number of carbonyl (C=O) groups excluding carboxylic acids is 1. The van der Waals surface area contributed by atoms with Gasteiger partial charge in [0.25, 0.3) is 0 Å². The van der Waals surface area contributed by atoms with Crippen LogP contribution in [0.25, 0.3) is 0 Å². The van der Waals surface area contributed by atoms with E-state index < -0.39 is 5.41 Å². The molecule has 1 aromatic rings. The third-order valence-electron chi connectivity index (χ3n) is 2.56. The Balaban J connectivity index is 3.15. The average molecular weight is 238 g/mol. The van der Waals surface area contributed by atoms with Gasteiger partial charge >= 0.3 is 5.97 Å². The van der Waals surface area contributed by atoms with E-state index >= 15 is 0 Å². The fourth-order valence-corrected chi connectivity index (χ4v) is 2.59. The Kier molecular flexibility index (Phi) is 4.42. The van der Waals surface area contributed by atoms with E-state index in [1.165, 1.54) is 7.11 Å². The van der Waals surface area contributed by atoms with E-state index in [-0.39, 0.29) is 5.97 Å². The van der Waals surface area contributed by atoms with Crippen LogP contribution in [0, 0.1) is 0 Å². The van der Waals surface area contributed by atoms with Crippen LogP contribution in [-0.4, -0.2) is 18.8 Å². The van der Waals surface area contributed by atoms with Gasteiger partial charge in [-0.15, -0.1) is 11.8 Å². The van der Waals surface area contributed by atoms with Crippen LogP contribution in [0.1, 0.15) is 26.3 Å². The van der Waals surface area contributed by atoms with Crippen molar-refractivity contribution in [2.24, 2.45) is 0 Å². The molecule has 0 aliphatic rings. The minimum absolute atomic E-state index is 0.198. The third-order valence-corrected chi connectivity index (χ3v) is 3.51. The normalized spacial score (nSPS) is 11.2. The SMILES string of the molecule is CCSc1ccccc1C(C)(C)C(=O)OC. The van der Waals surface area contributed by atoms with Crippen molar-refractivity contribution < 1.29 is 9.53 Å². The summed E-state index contributed by atoms with van der Waals surface area (Å²) in [5, 5.41) is 0. The summed E-state index contributed by atoms with van der Waals surface area (Å²) in [6, 6.07) is 8.00. The van der Waals surface area contributed by atoms with Crippen LogP contribution in [-0.2, 0) is 14.9 Å². The number of ether oxygens (including phenoxy) is 1. The molecule has 0 aromatic heterocycles. The third kappa shape index (κ3) is 2.59. The highest BCUT2D eigenvalue weighted by atomic mass is 32.2. The Hall–Kier alpha value is -0.960. The molecule has 2 nitrogen and oxygen atoms in total. The summed E-state index contributed by atoms with van der Waals surface area (Å²) in [7, 11) is 1.43. The summed E-state index contributed by atoms with van der Waals surface area (Å²) in [5.74, 6) is 0.797. The summed E-state index contributed by atoms with van der Waals surface area (Å²) in [4.78, 5) is 12.9. The van der Waals surface area contributed by atoms with Gasteiger partial charge in [0.15, 0.2) is 0 Å². The standard InChI is InChI=1S/C13H18O2S/c1-5-16-11-9-7-6-8-10(11)13(2,3)12(14)15-4/h6-9H,5H2,1-4H3. The largest absolute Gasteiger partial charge is 0.468 e. The Bertz CT molecular complexity index is 372. The first-order valence-corrected chi connectivity index (χ1v) is 6.33. The van der Waals surface area contributed by atoms with Gasteiger partial charge in [-0.2, -0.15) is 0 Å². The van der Waals surface area contributed by atoms with Crippen molar-refractivity contribution in [2.75, 3.05) is 12.9 Å². The van der Waals surface area contributed by atoms with Crippen molar-refractivity contribution in [3.05, 3.63) is 29.8 Å². The second kappa shape index (κ2) is 5.39. The number of hydrogen-bond acceptors (Lipinski definition) is 3. The maximum atomic E-state index is 11.8. The highest BCUT2D eigenvalue weighted by Gasteiger charge is 2.32. The quantitative estimate of drug-likeness (QED) is 0.595. The summed E-state index contributed by atoms with van der Waals surface area (Å²) in [6.45, 7) is 5.90. The number of carbonyl (C=O) groups is 1. The molecule has 0 saturated heterocycles. The minimum Gasteiger partial charge on any atom is -0.468 e. The Morgan fingerprint density at radius 1 is 1.38 bits per heavy atom. The van der Waals surface area contributed by atoms with Crippen LogP contribution in [0.4, 0.5) is 0 Å². The van der Waals surface area contributed by atoms with Gasteiger partial charge in [-0.1, -0.05) is 25.1 Å². The van der Waals surface area contributed by atoms with Crippen molar-refractivity contribution in [2.45, 2.75) is 31.1 Å². The van der Waals surface area contributed by atoms with E-state index in [2.05, 4.69) is 6.92 Å². The lowest BCUT2D eigenvalue weighted by Gasteiger charge is -2.24. The maximum absolute atomic E-state index is 11.8. The van der Waals surface area contributed by atoms with E-state index in [4.69, 9.17) is 4.74 Å². The van der Waals surface area contributed by atoms with Gasteiger partial charge in [-0.3, -0.25) is 4.79 Å². The summed E-state index contributed by atoms with van der Waals surface area (Å²) in [6.07, 6.45) is 0. The molecule has 1 aromatic carbocycles. The van der Waals surface area contributed by atoms with E-state index in [0.717, 1.165) is 16.2 Å². The molecule has 88 valence electrons. The molecule has 0 spiro atoms. The molecule has 0 N–H and O–H groups in total. The molecule has 16 heavy (non-hydrogen) atoms. The summed E-state index contributed by atoms with van der Waals surface area (Å²) >= 11 is 1.75. The van der Waals surface area contributed by atoms with Gasteiger partial charge in [0.1, 0.15) is 0 Å². The Morgan fingerprint density at radius 2 is 2.00 bits per heavy atom. The fraction of sp³-hybridized carbons (Fsp3) is 0.462. The van der Waals surface area contributed by atoms with Gasteiger partial charge in [0.05, 0.1) is 12.5 Å². The maximum Gasteiger partial charge on any atom is 0.315 e. The number of methoxy groups -OCH3 is 1. The average Bonchev–Trinajstić information content (AvgIpc) is 2.29. The molecule has 0 aliphatic heterocycles. The molecular weight excluding hydrogens is 220 g/mol. The number of hydrogen-bond donors (Lipinski definition) is 0. The second-order valence-corrected chi connectivity index (χ2v) is 5.35. The zero-order chi connectivity index (χ0) is 12.2. The molecule has 0 heterocycles. The predicted octanol–water partition coefficient (Wildman–Crippen LogP) is 3.25. The topological polar surface area (TPSA) is 26.3 Å². The zero-order valence-corrected chi connectivity index (χ0v) is 11.1. The minimum atomic E-state index is -0.590. The molecule has 0 saturated carbocycles. The lowest BCUT2D eigenvalue weighted by Crippen LogP contribution is -2.30. The first-order chi connectivity index (χ1) is 7.54. The van der Waals surface area contributed by atoms with Gasteiger partial charge in [0, 0.05) is 4.90 Å². The van der Waals surface area contributed by atoms with Gasteiger partial charge in [0.2, 0.25) is 0 Å². The van der Waals surface area contributed by atoms with Crippen molar-refractivity contribution >= 4 is 17.7 Å². The lowest BCUT2D eigenvalue weighted by atomic mass is 9.85. The molecule has 0 radical (unpaired) electrons. The Labute approximate surface area is 101 Å². The van der Waals surface area contributed by atoms with Gasteiger partial charge in [-0.25, -0.2) is 0 Å². The lowest BCUT2D eigenvalue weighted by molar-refractivity contribution is -0.146. The van der Waals surface area contributed by atoms with Gasteiger partial charge < -0.3 is 4.74 Å². The highest BCUT2D eigenvalue weighted by Crippen LogP contribution is 2.33. The number of benzene rings is 1. The van der Waals surface area contributed by atoms with E-state index in [1.807, 2.05) is 38.1 Å². The molecule has 0 aliphatic carbocycles. The summed E-state index contributed by atoms with van der Waals surface area (Å²) in [5.41, 5.74) is 0.446. The molecule has 0 bridgehead atoms. The van der Waals surface area contributed by atoms with Crippen molar-refractivity contribution in [3.63, 3.8) is 0 Å². The highest BCUT2D eigenvalue weighted by molar-refractivity contribution is 7.99. The number of rotatable bonds is 4. The zero-order valence-electron chi connectivity index (χ0n) is 10.2. The molecule has 0 amide bonds. The molecule has 1 rings (SSSR count). The second-order valence-electron chi connectivity index (χ2n) is 4.05. The molecule has 3 heteroatoms. The van der Waals surface area contributed by atoms with Crippen molar-refractivity contribution in [1.29, 1.82) is 0 Å². The molecular formula is C13H18O2S. The van der Waals surface area contributed by atoms with Crippen LogP contribution < -0.4 is 0 Å². The van der Waals surface area contributed by atoms with Crippen LogP contribution in [0.15, 0.2) is 29.2 Å². The van der Waals surface area contributed by atoms with Crippen LogP contribution in [0.2, 0.25) is 0 Å². The van der Waals surface area contributed by atoms with Crippen LogP contribution >= 0.6 is 11.8 Å². The van der Waals surface area contributed by atoms with Crippen molar-refractivity contribution in [3.8, 4) is 0 Å². The first kappa shape index (κ1) is 13.1. The molecule has 0 unspecified atom stereocenters. The van der Waals surface area contributed by atoms with Gasteiger partial charge in [-0.05, 0) is 31.2 Å². The summed E-state index contributed by atoms with van der Waals surface area (Å²) < 4.78 is 4.85. The van der Waals surface area contributed by atoms with Crippen LogP contribution in [0.5, 0.6) is 0 Å². The Morgan fingerprint density at radius 3 is 2.56 bits per heavy atom. The van der Waals surface area contributed by atoms with Crippen molar-refractivity contribution in [1.82, 2.24) is 0 Å². The van der Waals surface area contributed by atoms with Crippen LogP contribution in [0.3, 0.4) is 0 Å². The van der Waals surface area contributed by atoms with E-state index in [9.17, 15) is 4.79 Å². The monoisotopic (exact) mass is 238 g/mol. The number of esters is 1. The predicted molar refractivity (Wildman–Crippen MR) is 67.9 cm³/mol. The number of thioether (sulfide) groups is 1. The first-order valence-electron chi connectivity index (χ1n) is 5.34. The smallest absolute Gasteiger partial charge is 0.315 e. The fourth-order valence-electron chi connectivity index (χ4n) is 1.63. The van der Waals surface area contributed by atoms with E-state index in [0.29, 0.717) is 0 Å².